The molecule has 3 nitrogen and oxygen atoms in total. The Hall–Kier alpha value is -1.42. The normalized spacial score (nSPS) is 12.3. The number of rotatable bonds is 3. The van der Waals surface area contributed by atoms with Crippen LogP contribution >= 0.6 is 0 Å². The second-order valence-corrected chi connectivity index (χ2v) is 3.32. The average molecular weight is 210 g/mol. The van der Waals surface area contributed by atoms with E-state index in [-0.39, 0.29) is 11.6 Å². The number of benzene rings is 1. The number of hydrogen-bond donors (Lipinski definition) is 1. The molecule has 2 N–H and O–H groups in total. The van der Waals surface area contributed by atoms with Crippen LogP contribution in [0.25, 0.3) is 0 Å². The van der Waals surface area contributed by atoms with Crippen molar-refractivity contribution in [1.82, 2.24) is 0 Å². The summed E-state index contributed by atoms with van der Waals surface area (Å²) in [5.74, 6) is -0.684. The van der Waals surface area contributed by atoms with Crippen molar-refractivity contribution in [3.05, 3.63) is 30.1 Å². The molecule has 0 bridgehead atoms. The Balaban J connectivity index is 3.03. The van der Waals surface area contributed by atoms with Crippen LogP contribution in [-0.2, 0) is 4.79 Å². The fourth-order valence-electron chi connectivity index (χ4n) is 1.36. The molecule has 82 valence electrons. The van der Waals surface area contributed by atoms with Crippen LogP contribution in [0.3, 0.4) is 0 Å². The topological polar surface area (TPSA) is 46.3 Å². The Labute approximate surface area is 88.7 Å². The van der Waals surface area contributed by atoms with Crippen molar-refractivity contribution < 1.29 is 9.18 Å². The molecule has 0 saturated carbocycles. The molecule has 0 aromatic heterocycles. The van der Waals surface area contributed by atoms with Gasteiger partial charge in [-0.3, -0.25) is 4.79 Å². The van der Waals surface area contributed by atoms with Gasteiger partial charge in [0.2, 0.25) is 5.91 Å². The van der Waals surface area contributed by atoms with Gasteiger partial charge in [0.15, 0.2) is 0 Å². The molecule has 0 aliphatic carbocycles. The van der Waals surface area contributed by atoms with E-state index >= 15 is 0 Å². The van der Waals surface area contributed by atoms with E-state index in [0.29, 0.717) is 6.54 Å². The summed E-state index contributed by atoms with van der Waals surface area (Å²) in [4.78, 5) is 13.0. The van der Waals surface area contributed by atoms with E-state index in [9.17, 15) is 9.18 Å². The van der Waals surface area contributed by atoms with Crippen LogP contribution in [0.1, 0.15) is 13.8 Å². The molecule has 1 aromatic carbocycles. The quantitative estimate of drug-likeness (QED) is 0.822. The number of nitrogens with two attached hydrogens (primary N) is 1. The van der Waals surface area contributed by atoms with Gasteiger partial charge in [0.25, 0.3) is 0 Å². The Morgan fingerprint density at radius 2 is 2.13 bits per heavy atom. The fraction of sp³-hybridized carbons (Fsp3) is 0.364. The summed E-state index contributed by atoms with van der Waals surface area (Å²) in [6, 6.07) is 5.55. The number of hydrogen-bond acceptors (Lipinski definition) is 2. The van der Waals surface area contributed by atoms with Gasteiger partial charge in [-0.1, -0.05) is 12.1 Å². The molecule has 0 aliphatic rings. The van der Waals surface area contributed by atoms with Crippen LogP contribution in [0.2, 0.25) is 0 Å². The van der Waals surface area contributed by atoms with Crippen molar-refractivity contribution in [2.24, 2.45) is 5.73 Å². The third kappa shape index (κ3) is 2.53. The zero-order valence-corrected chi connectivity index (χ0v) is 8.90. The number of likely N-dealkylation sites (N-methyl/N-ethyl adjacent to an activating group) is 1. The molecule has 0 heterocycles. The molecule has 15 heavy (non-hydrogen) atoms. The number of para-hydroxylation sites is 1. The monoisotopic (exact) mass is 210 g/mol. The van der Waals surface area contributed by atoms with Crippen LogP contribution in [-0.4, -0.2) is 18.5 Å². The van der Waals surface area contributed by atoms with Gasteiger partial charge in [-0.2, -0.15) is 0 Å². The highest BCUT2D eigenvalue weighted by molar-refractivity contribution is 5.96. The molecule has 1 aromatic rings. The number of nitrogens with zero attached hydrogens (tertiary/aromatic N) is 1. The van der Waals surface area contributed by atoms with E-state index in [2.05, 4.69) is 0 Å². The lowest BCUT2D eigenvalue weighted by atomic mass is 10.2. The zero-order valence-electron chi connectivity index (χ0n) is 8.90. The van der Waals surface area contributed by atoms with Crippen molar-refractivity contribution in [2.75, 3.05) is 11.4 Å². The molecule has 0 unspecified atom stereocenters. The fourth-order valence-corrected chi connectivity index (χ4v) is 1.36. The van der Waals surface area contributed by atoms with Crippen molar-refractivity contribution >= 4 is 11.6 Å². The van der Waals surface area contributed by atoms with Gasteiger partial charge in [-0.05, 0) is 26.0 Å². The number of carbonyl (C=O) groups is 1. The highest BCUT2D eigenvalue weighted by Gasteiger charge is 2.19. The van der Waals surface area contributed by atoms with Gasteiger partial charge in [0, 0.05) is 6.54 Å². The lowest BCUT2D eigenvalue weighted by Gasteiger charge is -2.23. The van der Waals surface area contributed by atoms with E-state index in [1.165, 1.54) is 11.0 Å². The third-order valence-corrected chi connectivity index (χ3v) is 2.12. The predicted molar refractivity (Wildman–Crippen MR) is 58.1 cm³/mol. The predicted octanol–water partition coefficient (Wildman–Crippen LogP) is 1.53. The van der Waals surface area contributed by atoms with Crippen molar-refractivity contribution in [3.63, 3.8) is 0 Å². The second kappa shape index (κ2) is 4.89. The summed E-state index contributed by atoms with van der Waals surface area (Å²) in [7, 11) is 0. The van der Waals surface area contributed by atoms with Crippen molar-refractivity contribution in [3.8, 4) is 0 Å². The molecule has 0 saturated heterocycles. The van der Waals surface area contributed by atoms with Crippen LogP contribution in [0.5, 0.6) is 0 Å². The summed E-state index contributed by atoms with van der Waals surface area (Å²) in [5.41, 5.74) is 5.77. The molecule has 0 aliphatic heterocycles. The maximum atomic E-state index is 13.4. The van der Waals surface area contributed by atoms with E-state index < -0.39 is 11.9 Å². The number of carbonyl (C=O) groups excluding carboxylic acids is 1. The van der Waals surface area contributed by atoms with Gasteiger partial charge >= 0.3 is 0 Å². The third-order valence-electron chi connectivity index (χ3n) is 2.12. The Morgan fingerprint density at radius 1 is 1.53 bits per heavy atom. The molecule has 0 spiro atoms. The maximum absolute atomic E-state index is 13.4. The average Bonchev–Trinajstić information content (AvgIpc) is 2.21. The molecule has 1 amide bonds. The van der Waals surface area contributed by atoms with Crippen molar-refractivity contribution in [1.29, 1.82) is 0 Å². The van der Waals surface area contributed by atoms with Crippen LogP contribution in [0.4, 0.5) is 10.1 Å². The van der Waals surface area contributed by atoms with Crippen LogP contribution < -0.4 is 10.6 Å². The zero-order chi connectivity index (χ0) is 11.4. The SMILES string of the molecule is CCN(C(=O)[C@@H](C)N)c1ccccc1F. The first-order chi connectivity index (χ1) is 7.07. The molecule has 1 atom stereocenters. The van der Waals surface area contributed by atoms with E-state index in [1.54, 1.807) is 32.0 Å². The van der Waals surface area contributed by atoms with Gasteiger partial charge in [-0.15, -0.1) is 0 Å². The Morgan fingerprint density at radius 3 is 2.60 bits per heavy atom. The minimum Gasteiger partial charge on any atom is -0.320 e. The molecule has 0 radical (unpaired) electrons. The van der Waals surface area contributed by atoms with E-state index in [4.69, 9.17) is 5.73 Å². The molecule has 4 heteroatoms. The summed E-state index contributed by atoms with van der Waals surface area (Å²) < 4.78 is 13.4. The van der Waals surface area contributed by atoms with Gasteiger partial charge < -0.3 is 10.6 Å². The largest absolute Gasteiger partial charge is 0.320 e. The Kier molecular flexibility index (Phi) is 3.80. The van der Waals surface area contributed by atoms with Crippen LogP contribution in [0, 0.1) is 5.82 Å². The lowest BCUT2D eigenvalue weighted by molar-refractivity contribution is -0.119. The first-order valence-corrected chi connectivity index (χ1v) is 4.89. The molecule has 0 fully saturated rings. The van der Waals surface area contributed by atoms with Gasteiger partial charge in [-0.25, -0.2) is 4.39 Å². The van der Waals surface area contributed by atoms with Gasteiger partial charge in [0.1, 0.15) is 5.82 Å². The molecular formula is C11H15FN2O. The lowest BCUT2D eigenvalue weighted by Crippen LogP contribution is -2.42. The minimum atomic E-state index is -0.621. The first kappa shape index (κ1) is 11.7. The highest BCUT2D eigenvalue weighted by atomic mass is 19.1. The minimum absolute atomic E-state index is 0.275. The summed E-state index contributed by atoms with van der Waals surface area (Å²) in [5, 5.41) is 0. The highest BCUT2D eigenvalue weighted by Crippen LogP contribution is 2.18. The van der Waals surface area contributed by atoms with Gasteiger partial charge in [0.05, 0.1) is 11.7 Å². The van der Waals surface area contributed by atoms with E-state index in [1.807, 2.05) is 0 Å². The standard InChI is InChI=1S/C11H15FN2O/c1-3-14(11(15)8(2)13)10-7-5-4-6-9(10)12/h4-8H,3,13H2,1-2H3/t8-/m1/s1. The Bertz CT molecular complexity index is 352. The first-order valence-electron chi connectivity index (χ1n) is 4.89. The number of halogens is 1. The van der Waals surface area contributed by atoms with E-state index in [0.717, 1.165) is 0 Å². The summed E-state index contributed by atoms with van der Waals surface area (Å²) in [6.07, 6.45) is 0. The number of amides is 1. The summed E-state index contributed by atoms with van der Waals surface area (Å²) >= 11 is 0. The van der Waals surface area contributed by atoms with Crippen molar-refractivity contribution in [2.45, 2.75) is 19.9 Å². The maximum Gasteiger partial charge on any atom is 0.243 e. The number of anilines is 1. The summed E-state index contributed by atoms with van der Waals surface area (Å²) in [6.45, 7) is 3.78. The molecular weight excluding hydrogens is 195 g/mol. The smallest absolute Gasteiger partial charge is 0.243 e. The van der Waals surface area contributed by atoms with Crippen LogP contribution in [0.15, 0.2) is 24.3 Å². The molecule has 1 rings (SSSR count). The second-order valence-electron chi connectivity index (χ2n) is 3.32.